The molecule has 1 heterocycles. The maximum atomic E-state index is 13.3. The quantitative estimate of drug-likeness (QED) is 0.689. The Morgan fingerprint density at radius 1 is 1.19 bits per heavy atom. The van der Waals surface area contributed by atoms with Crippen LogP contribution in [0.1, 0.15) is 12.1 Å². The van der Waals surface area contributed by atoms with Crippen LogP contribution in [0.4, 0.5) is 8.78 Å². The molecule has 3 aromatic rings. The van der Waals surface area contributed by atoms with Gasteiger partial charge in [-0.15, -0.1) is 0 Å². The van der Waals surface area contributed by atoms with E-state index in [1.165, 1.54) is 37.4 Å². The first-order valence-corrected chi connectivity index (χ1v) is 9.49. The molecule has 27 heavy (non-hydrogen) atoms. The highest BCUT2D eigenvalue weighted by atomic mass is 35.5. The number of nitrogens with two attached hydrogens (primary N) is 1. The van der Waals surface area contributed by atoms with Crippen LogP contribution in [-0.2, 0) is 10.0 Å². The summed E-state index contributed by atoms with van der Waals surface area (Å²) in [6.07, 6.45) is -2.85. The highest BCUT2D eigenvalue weighted by Gasteiger charge is 2.22. The maximum absolute atomic E-state index is 13.3. The lowest BCUT2D eigenvalue weighted by atomic mass is 10.1. The fraction of sp³-hybridized carbons (Fsp3) is 0.118. The molecule has 0 spiro atoms. The number of ether oxygens (including phenoxy) is 1. The molecule has 0 fully saturated rings. The van der Waals surface area contributed by atoms with Crippen LogP contribution in [0.3, 0.4) is 0 Å². The summed E-state index contributed by atoms with van der Waals surface area (Å²) in [6.45, 7) is 0. The van der Waals surface area contributed by atoms with Crippen molar-refractivity contribution in [2.75, 3.05) is 7.11 Å². The van der Waals surface area contributed by atoms with Crippen molar-refractivity contribution in [2.24, 2.45) is 5.14 Å². The molecule has 1 aromatic heterocycles. The molecular formula is C17H14ClF2N3O3S. The molecule has 0 aliphatic rings. The van der Waals surface area contributed by atoms with Crippen LogP contribution in [0, 0.1) is 0 Å². The Balaban J connectivity index is 2.28. The first-order valence-electron chi connectivity index (χ1n) is 7.56. The molecule has 0 aliphatic heterocycles. The molecule has 0 bridgehead atoms. The fourth-order valence-electron chi connectivity index (χ4n) is 2.59. The summed E-state index contributed by atoms with van der Waals surface area (Å²) in [7, 11) is -2.66. The Labute approximate surface area is 159 Å². The summed E-state index contributed by atoms with van der Waals surface area (Å²) in [6, 6.07) is 11.6. The summed E-state index contributed by atoms with van der Waals surface area (Å²) >= 11 is 6.13. The second-order valence-electron chi connectivity index (χ2n) is 5.53. The predicted molar refractivity (Wildman–Crippen MR) is 96.9 cm³/mol. The number of benzene rings is 2. The van der Waals surface area contributed by atoms with Crippen molar-refractivity contribution in [1.82, 2.24) is 9.78 Å². The molecule has 0 radical (unpaired) electrons. The second-order valence-corrected chi connectivity index (χ2v) is 7.47. The number of nitrogens with zero attached hydrogens (tertiary/aromatic N) is 2. The first-order chi connectivity index (χ1) is 12.7. The molecular weight excluding hydrogens is 400 g/mol. The van der Waals surface area contributed by atoms with E-state index in [1.807, 2.05) is 0 Å². The third-order valence-corrected chi connectivity index (χ3v) is 5.05. The number of rotatable bonds is 5. The highest BCUT2D eigenvalue weighted by molar-refractivity contribution is 7.89. The summed E-state index contributed by atoms with van der Waals surface area (Å²) in [5, 5.41) is 9.40. The lowest BCUT2D eigenvalue weighted by Gasteiger charge is -2.12. The molecule has 0 saturated heterocycles. The largest absolute Gasteiger partial charge is 0.495 e. The lowest BCUT2D eigenvalue weighted by Crippen LogP contribution is -2.16. The summed E-state index contributed by atoms with van der Waals surface area (Å²) < 4.78 is 56.5. The number of primary sulfonamides is 1. The smallest absolute Gasteiger partial charge is 0.282 e. The number of aromatic nitrogens is 2. The maximum Gasteiger partial charge on any atom is 0.282 e. The van der Waals surface area contributed by atoms with E-state index >= 15 is 0 Å². The van der Waals surface area contributed by atoms with Gasteiger partial charge in [0, 0.05) is 5.56 Å². The van der Waals surface area contributed by atoms with Gasteiger partial charge in [0.25, 0.3) is 6.43 Å². The summed E-state index contributed by atoms with van der Waals surface area (Å²) in [4.78, 5) is -0.241. The van der Waals surface area contributed by atoms with Gasteiger partial charge in [-0.25, -0.2) is 27.0 Å². The number of para-hydroxylation sites is 1. The lowest BCUT2D eigenvalue weighted by molar-refractivity contribution is 0.145. The van der Waals surface area contributed by atoms with Crippen molar-refractivity contribution in [2.45, 2.75) is 11.3 Å². The third-order valence-electron chi connectivity index (χ3n) is 3.80. The van der Waals surface area contributed by atoms with Gasteiger partial charge in [0.05, 0.1) is 23.5 Å². The van der Waals surface area contributed by atoms with E-state index < -0.39 is 22.1 Å². The van der Waals surface area contributed by atoms with Gasteiger partial charge < -0.3 is 4.74 Å². The molecule has 0 atom stereocenters. The van der Waals surface area contributed by atoms with Crippen LogP contribution in [0.5, 0.6) is 5.75 Å². The van der Waals surface area contributed by atoms with Crippen LogP contribution < -0.4 is 9.88 Å². The zero-order chi connectivity index (χ0) is 19.8. The second kappa shape index (κ2) is 7.26. The average Bonchev–Trinajstić information content (AvgIpc) is 3.06. The summed E-state index contributed by atoms with van der Waals surface area (Å²) in [5.74, 6) is 0.408. The molecule has 0 amide bonds. The normalized spacial score (nSPS) is 11.8. The van der Waals surface area contributed by atoms with E-state index in [2.05, 4.69) is 5.10 Å². The van der Waals surface area contributed by atoms with Crippen LogP contribution in [0.15, 0.2) is 53.4 Å². The Hall–Kier alpha value is -2.49. The standard InChI is InChI=1S/C17H14ClF2N3O3S/c1-26-15-7-6-10(8-11(15)18)14-9-12(17(19)20)22-23(14)13-4-2-3-5-16(13)27(21,24)25/h2-9,17H,1H3,(H2,21,24,25). The minimum Gasteiger partial charge on any atom is -0.495 e. The Morgan fingerprint density at radius 3 is 2.48 bits per heavy atom. The highest BCUT2D eigenvalue weighted by Crippen LogP contribution is 2.34. The Bertz CT molecular complexity index is 1100. The van der Waals surface area contributed by atoms with Gasteiger partial charge in [0.15, 0.2) is 0 Å². The Morgan fingerprint density at radius 2 is 1.89 bits per heavy atom. The SMILES string of the molecule is COc1ccc(-c2cc(C(F)F)nn2-c2ccccc2S(N)(=O)=O)cc1Cl. The molecule has 0 saturated carbocycles. The van der Waals surface area contributed by atoms with Gasteiger partial charge in [0.2, 0.25) is 10.0 Å². The molecule has 10 heteroatoms. The number of halogens is 3. The summed E-state index contributed by atoms with van der Waals surface area (Å²) in [5.41, 5.74) is 0.213. The molecule has 0 aliphatic carbocycles. The van der Waals surface area contributed by atoms with Gasteiger partial charge in [-0.3, -0.25) is 0 Å². The molecule has 142 valence electrons. The number of sulfonamides is 1. The van der Waals surface area contributed by atoms with Gasteiger partial charge >= 0.3 is 0 Å². The van der Waals surface area contributed by atoms with E-state index in [0.717, 1.165) is 4.68 Å². The average molecular weight is 414 g/mol. The van der Waals surface area contributed by atoms with Crippen molar-refractivity contribution < 1.29 is 21.9 Å². The minimum absolute atomic E-state index is 0.0499. The number of alkyl halides is 2. The minimum atomic E-state index is -4.10. The third kappa shape index (κ3) is 3.80. The van der Waals surface area contributed by atoms with Crippen molar-refractivity contribution in [3.05, 3.63) is 59.2 Å². The van der Waals surface area contributed by atoms with Crippen molar-refractivity contribution >= 4 is 21.6 Å². The Kier molecular flexibility index (Phi) is 5.18. The van der Waals surface area contributed by atoms with Crippen molar-refractivity contribution in [3.63, 3.8) is 0 Å². The van der Waals surface area contributed by atoms with Crippen LogP contribution >= 0.6 is 11.6 Å². The van der Waals surface area contributed by atoms with Gasteiger partial charge in [-0.1, -0.05) is 23.7 Å². The van der Waals surface area contributed by atoms with Crippen LogP contribution in [0.2, 0.25) is 5.02 Å². The first kappa shape index (κ1) is 19.3. The molecule has 2 N–H and O–H groups in total. The number of methoxy groups -OCH3 is 1. The molecule has 0 unspecified atom stereocenters. The number of hydrogen-bond acceptors (Lipinski definition) is 4. The molecule has 2 aromatic carbocycles. The van der Waals surface area contributed by atoms with Gasteiger partial charge in [-0.05, 0) is 36.4 Å². The van der Waals surface area contributed by atoms with E-state index in [4.69, 9.17) is 21.5 Å². The van der Waals surface area contributed by atoms with Crippen molar-refractivity contribution in [3.8, 4) is 22.7 Å². The molecule has 3 rings (SSSR count). The topological polar surface area (TPSA) is 87.2 Å². The van der Waals surface area contributed by atoms with E-state index in [-0.39, 0.29) is 21.3 Å². The van der Waals surface area contributed by atoms with Crippen LogP contribution in [-0.4, -0.2) is 25.3 Å². The fourth-order valence-corrected chi connectivity index (χ4v) is 3.57. The predicted octanol–water partition coefficient (Wildman–Crippen LogP) is 3.79. The monoisotopic (exact) mass is 413 g/mol. The van der Waals surface area contributed by atoms with E-state index in [9.17, 15) is 17.2 Å². The van der Waals surface area contributed by atoms with E-state index in [1.54, 1.807) is 18.2 Å². The zero-order valence-corrected chi connectivity index (χ0v) is 15.5. The van der Waals surface area contributed by atoms with Gasteiger partial charge in [0.1, 0.15) is 16.3 Å². The van der Waals surface area contributed by atoms with Crippen LogP contribution in [0.25, 0.3) is 16.9 Å². The molecule has 6 nitrogen and oxygen atoms in total. The van der Waals surface area contributed by atoms with Crippen molar-refractivity contribution in [1.29, 1.82) is 0 Å². The van der Waals surface area contributed by atoms with Gasteiger partial charge in [-0.2, -0.15) is 5.10 Å². The number of hydrogen-bond donors (Lipinski definition) is 1. The zero-order valence-electron chi connectivity index (χ0n) is 13.9. The van der Waals surface area contributed by atoms with E-state index in [0.29, 0.717) is 11.3 Å².